The van der Waals surface area contributed by atoms with Gasteiger partial charge in [0, 0.05) is 34.6 Å². The van der Waals surface area contributed by atoms with Crippen molar-refractivity contribution in [1.82, 2.24) is 4.98 Å². The number of aldehydes is 1. The highest BCUT2D eigenvalue weighted by molar-refractivity contribution is 6.31. The summed E-state index contributed by atoms with van der Waals surface area (Å²) in [6.45, 7) is 5.31. The number of hydrogen-bond donors (Lipinski definition) is 1. The van der Waals surface area contributed by atoms with Gasteiger partial charge in [-0.05, 0) is 39.0 Å². The number of nitrogens with one attached hydrogen (secondary N) is 1. The molecule has 2 rings (SSSR count). The molecule has 2 aromatic rings. The second-order valence-electron chi connectivity index (χ2n) is 5.95. The van der Waals surface area contributed by atoms with Crippen molar-refractivity contribution < 1.29 is 19.1 Å². The molecule has 0 aliphatic rings. The van der Waals surface area contributed by atoms with Gasteiger partial charge in [0.05, 0.1) is 0 Å². The lowest BCUT2D eigenvalue weighted by Crippen LogP contribution is -2.27. The lowest BCUT2D eigenvalue weighted by molar-refractivity contribution is 0.0636. The van der Waals surface area contributed by atoms with Crippen molar-refractivity contribution in [2.24, 2.45) is 0 Å². The zero-order chi connectivity index (χ0) is 17.7. The number of halogens is 1. The minimum Gasteiger partial charge on any atom is -0.444 e. The number of pyridine rings is 1. The molecule has 1 heterocycles. The van der Waals surface area contributed by atoms with Gasteiger partial charge in [0.25, 0.3) is 0 Å². The molecule has 0 atom stereocenters. The normalized spacial score (nSPS) is 10.8. The van der Waals surface area contributed by atoms with Crippen LogP contribution in [0.4, 0.5) is 10.5 Å². The smallest absolute Gasteiger partial charge is 0.412 e. The largest absolute Gasteiger partial charge is 0.444 e. The summed E-state index contributed by atoms with van der Waals surface area (Å²) in [7, 11) is 0. The number of carbonyl (C=O) groups is 2. The molecular formula is C17H17ClN2O4. The van der Waals surface area contributed by atoms with E-state index in [4.69, 9.17) is 21.1 Å². The van der Waals surface area contributed by atoms with Gasteiger partial charge in [-0.1, -0.05) is 11.6 Å². The molecule has 0 aliphatic heterocycles. The lowest BCUT2D eigenvalue weighted by Gasteiger charge is -2.19. The summed E-state index contributed by atoms with van der Waals surface area (Å²) in [5.74, 6) is 0.606. The number of anilines is 1. The Balaban J connectivity index is 2.16. The van der Waals surface area contributed by atoms with Crippen molar-refractivity contribution in [1.29, 1.82) is 0 Å². The molecule has 1 aromatic carbocycles. The number of carbonyl (C=O) groups excluding carboxylic acids is 2. The number of benzene rings is 1. The van der Waals surface area contributed by atoms with Crippen molar-refractivity contribution in [2.75, 3.05) is 5.32 Å². The van der Waals surface area contributed by atoms with Crippen LogP contribution in [0.1, 0.15) is 31.1 Å². The van der Waals surface area contributed by atoms with Gasteiger partial charge in [-0.3, -0.25) is 10.1 Å². The number of amides is 1. The van der Waals surface area contributed by atoms with Crippen molar-refractivity contribution in [3.8, 4) is 11.6 Å². The van der Waals surface area contributed by atoms with Crippen molar-refractivity contribution in [3.05, 3.63) is 47.1 Å². The highest BCUT2D eigenvalue weighted by Crippen LogP contribution is 2.28. The molecule has 1 aromatic heterocycles. The molecular weight excluding hydrogens is 332 g/mol. The van der Waals surface area contributed by atoms with E-state index in [9.17, 15) is 9.59 Å². The van der Waals surface area contributed by atoms with Gasteiger partial charge >= 0.3 is 6.09 Å². The first kappa shape index (κ1) is 17.7. The summed E-state index contributed by atoms with van der Waals surface area (Å²) >= 11 is 6.04. The second-order valence-corrected chi connectivity index (χ2v) is 6.39. The summed E-state index contributed by atoms with van der Waals surface area (Å²) in [4.78, 5) is 26.6. The zero-order valence-corrected chi connectivity index (χ0v) is 14.3. The van der Waals surface area contributed by atoms with Gasteiger partial charge in [-0.15, -0.1) is 0 Å². The van der Waals surface area contributed by atoms with E-state index in [0.29, 0.717) is 28.3 Å². The molecule has 126 valence electrons. The number of aromatic nitrogens is 1. The van der Waals surface area contributed by atoms with E-state index >= 15 is 0 Å². The molecule has 0 unspecified atom stereocenters. The van der Waals surface area contributed by atoms with E-state index in [-0.39, 0.29) is 5.88 Å². The van der Waals surface area contributed by atoms with Gasteiger partial charge in [0.2, 0.25) is 5.88 Å². The Morgan fingerprint density at radius 1 is 1.25 bits per heavy atom. The molecule has 0 saturated heterocycles. The van der Waals surface area contributed by atoms with E-state index in [1.165, 1.54) is 12.3 Å². The second kappa shape index (κ2) is 7.31. The Kier molecular flexibility index (Phi) is 5.41. The third kappa shape index (κ3) is 5.55. The van der Waals surface area contributed by atoms with Crippen LogP contribution in [0.3, 0.4) is 0 Å². The van der Waals surface area contributed by atoms with Crippen molar-refractivity contribution in [3.63, 3.8) is 0 Å². The Bertz CT molecular complexity index is 756. The van der Waals surface area contributed by atoms with Gasteiger partial charge in [0.15, 0.2) is 0 Å². The molecule has 0 saturated carbocycles. The molecule has 0 fully saturated rings. The van der Waals surface area contributed by atoms with Crippen LogP contribution < -0.4 is 10.1 Å². The number of rotatable bonds is 4. The molecule has 6 nitrogen and oxygen atoms in total. The fourth-order valence-corrected chi connectivity index (χ4v) is 2.01. The standard InChI is InChI=1S/C17H17ClN2O4/c1-17(2,3)24-16(22)20-13-7-12(18)8-14(9-13)23-15-6-11(10-21)4-5-19-15/h4-10H,1-3H3,(H,20,22). The average molecular weight is 349 g/mol. The first-order valence-corrected chi connectivity index (χ1v) is 7.53. The van der Waals surface area contributed by atoms with Gasteiger partial charge < -0.3 is 9.47 Å². The Hall–Kier alpha value is -2.60. The van der Waals surface area contributed by atoms with E-state index in [1.807, 2.05) is 0 Å². The van der Waals surface area contributed by atoms with Crippen LogP contribution in [0.15, 0.2) is 36.5 Å². The Labute approximate surface area is 144 Å². The van der Waals surface area contributed by atoms with E-state index < -0.39 is 11.7 Å². The summed E-state index contributed by atoms with van der Waals surface area (Å²) in [5.41, 5.74) is 0.244. The predicted molar refractivity (Wildman–Crippen MR) is 91.0 cm³/mol. The maximum absolute atomic E-state index is 11.8. The molecule has 0 aliphatic carbocycles. The molecule has 1 amide bonds. The topological polar surface area (TPSA) is 77.5 Å². The quantitative estimate of drug-likeness (QED) is 0.811. The number of nitrogens with zero attached hydrogens (tertiary/aromatic N) is 1. The van der Waals surface area contributed by atoms with E-state index in [0.717, 1.165) is 0 Å². The molecule has 0 spiro atoms. The van der Waals surface area contributed by atoms with Crippen molar-refractivity contribution in [2.45, 2.75) is 26.4 Å². The molecule has 0 radical (unpaired) electrons. The molecule has 1 N–H and O–H groups in total. The monoisotopic (exact) mass is 348 g/mol. The maximum atomic E-state index is 11.8. The van der Waals surface area contributed by atoms with Crippen LogP contribution in [0.25, 0.3) is 0 Å². The first-order valence-electron chi connectivity index (χ1n) is 7.15. The molecule has 7 heteroatoms. The van der Waals surface area contributed by atoms with Crippen molar-refractivity contribution >= 4 is 29.7 Å². The average Bonchev–Trinajstić information content (AvgIpc) is 2.44. The molecule has 24 heavy (non-hydrogen) atoms. The summed E-state index contributed by atoms with van der Waals surface area (Å²) in [5, 5.41) is 2.95. The first-order chi connectivity index (χ1) is 11.2. The third-order valence-electron chi connectivity index (χ3n) is 2.63. The van der Waals surface area contributed by atoms with E-state index in [2.05, 4.69) is 10.3 Å². The van der Waals surface area contributed by atoms with Gasteiger partial charge in [-0.25, -0.2) is 9.78 Å². The van der Waals surface area contributed by atoms with Gasteiger partial charge in [-0.2, -0.15) is 0 Å². The number of ether oxygens (including phenoxy) is 2. The van der Waals surface area contributed by atoms with Crippen LogP contribution in [-0.4, -0.2) is 23.0 Å². The predicted octanol–water partition coefficient (Wildman–Crippen LogP) is 4.69. The van der Waals surface area contributed by atoms with Crippen LogP contribution in [-0.2, 0) is 4.74 Å². The Morgan fingerprint density at radius 3 is 2.67 bits per heavy atom. The maximum Gasteiger partial charge on any atom is 0.412 e. The fraction of sp³-hybridized carbons (Fsp3) is 0.235. The minimum absolute atomic E-state index is 0.241. The SMILES string of the molecule is CC(C)(C)OC(=O)Nc1cc(Cl)cc(Oc2cc(C=O)ccn2)c1. The fourth-order valence-electron chi connectivity index (χ4n) is 1.79. The summed E-state index contributed by atoms with van der Waals surface area (Å²) < 4.78 is 10.8. The van der Waals surface area contributed by atoms with Crippen LogP contribution in [0.2, 0.25) is 5.02 Å². The van der Waals surface area contributed by atoms with Crippen LogP contribution >= 0.6 is 11.6 Å². The van der Waals surface area contributed by atoms with Crippen LogP contribution in [0, 0.1) is 0 Å². The Morgan fingerprint density at radius 2 is 2.00 bits per heavy atom. The van der Waals surface area contributed by atoms with E-state index in [1.54, 1.807) is 45.0 Å². The number of hydrogen-bond acceptors (Lipinski definition) is 5. The van der Waals surface area contributed by atoms with Crippen LogP contribution in [0.5, 0.6) is 11.6 Å². The summed E-state index contributed by atoms with van der Waals surface area (Å²) in [6, 6.07) is 7.76. The van der Waals surface area contributed by atoms with Gasteiger partial charge in [0.1, 0.15) is 17.6 Å². The molecule has 0 bridgehead atoms. The zero-order valence-electron chi connectivity index (χ0n) is 13.5. The third-order valence-corrected chi connectivity index (χ3v) is 2.85. The minimum atomic E-state index is -0.610. The highest BCUT2D eigenvalue weighted by Gasteiger charge is 2.16. The summed E-state index contributed by atoms with van der Waals surface area (Å²) in [6.07, 6.45) is 1.56. The highest BCUT2D eigenvalue weighted by atomic mass is 35.5. The lowest BCUT2D eigenvalue weighted by atomic mass is 10.2.